The van der Waals surface area contributed by atoms with Crippen LogP contribution in [0.5, 0.6) is 0 Å². The number of ether oxygens (including phenoxy) is 1. The zero-order chi connectivity index (χ0) is 14.2. The molecule has 0 amide bonds. The van der Waals surface area contributed by atoms with Gasteiger partial charge in [-0.2, -0.15) is 0 Å². The number of hydrogen-bond acceptors (Lipinski definition) is 1. The summed E-state index contributed by atoms with van der Waals surface area (Å²) >= 11 is 0. The van der Waals surface area contributed by atoms with Crippen LogP contribution in [0.1, 0.15) is 90.9 Å². The Morgan fingerprint density at radius 2 is 1.10 bits per heavy atom. The minimum atomic E-state index is 0.594. The third-order valence-corrected chi connectivity index (χ3v) is 5.72. The lowest BCUT2D eigenvalue weighted by molar-refractivity contribution is -0.0103. The van der Waals surface area contributed by atoms with E-state index >= 15 is 0 Å². The smallest absolute Gasteiger partial charge is 0.0575 e. The molecule has 0 aromatic rings. The summed E-state index contributed by atoms with van der Waals surface area (Å²) in [6, 6.07) is 0. The van der Waals surface area contributed by atoms with Crippen LogP contribution in [0.25, 0.3) is 0 Å². The molecule has 2 saturated carbocycles. The zero-order valence-electron chi connectivity index (χ0n) is 13.9. The Morgan fingerprint density at radius 1 is 0.650 bits per heavy atom. The van der Waals surface area contributed by atoms with Gasteiger partial charge in [-0.3, -0.25) is 0 Å². The molecule has 20 heavy (non-hydrogen) atoms. The van der Waals surface area contributed by atoms with Crippen LogP contribution >= 0.6 is 0 Å². The fraction of sp³-hybridized carbons (Fsp3) is 1.00. The molecule has 2 aliphatic rings. The van der Waals surface area contributed by atoms with Gasteiger partial charge in [-0.25, -0.2) is 0 Å². The van der Waals surface area contributed by atoms with E-state index in [1.54, 1.807) is 0 Å². The first-order valence-corrected chi connectivity index (χ1v) is 9.43. The van der Waals surface area contributed by atoms with Crippen LogP contribution in [0.3, 0.4) is 0 Å². The normalized spacial score (nSPS) is 35.1. The maximum Gasteiger partial charge on any atom is 0.0575 e. The highest BCUT2D eigenvalue weighted by Crippen LogP contribution is 2.33. The van der Waals surface area contributed by atoms with Crippen molar-refractivity contribution in [3.63, 3.8) is 0 Å². The third-order valence-electron chi connectivity index (χ3n) is 5.72. The summed E-state index contributed by atoms with van der Waals surface area (Å²) in [5.74, 6) is 2.90. The van der Waals surface area contributed by atoms with Gasteiger partial charge in [0.15, 0.2) is 0 Å². The van der Waals surface area contributed by atoms with Crippen molar-refractivity contribution >= 4 is 0 Å². The highest BCUT2D eigenvalue weighted by atomic mass is 16.5. The lowest BCUT2D eigenvalue weighted by atomic mass is 9.80. The molecule has 0 bridgehead atoms. The molecule has 0 aromatic carbocycles. The molecule has 0 radical (unpaired) electrons. The zero-order valence-corrected chi connectivity index (χ0v) is 13.9. The van der Waals surface area contributed by atoms with Crippen LogP contribution in [0.4, 0.5) is 0 Å². The fourth-order valence-electron chi connectivity index (χ4n) is 4.36. The van der Waals surface area contributed by atoms with Crippen molar-refractivity contribution in [3.8, 4) is 0 Å². The first kappa shape index (κ1) is 16.3. The second-order valence-corrected chi connectivity index (χ2v) is 7.44. The van der Waals surface area contributed by atoms with Crippen molar-refractivity contribution in [1.82, 2.24) is 0 Å². The lowest BCUT2D eigenvalue weighted by Gasteiger charge is -2.32. The Hall–Kier alpha value is -0.0400. The summed E-state index contributed by atoms with van der Waals surface area (Å²) in [6.45, 7) is 5.70. The number of rotatable bonds is 7. The topological polar surface area (TPSA) is 9.23 Å². The third kappa shape index (κ3) is 5.39. The maximum atomic E-state index is 6.24. The van der Waals surface area contributed by atoms with Crippen molar-refractivity contribution in [2.75, 3.05) is 6.61 Å². The van der Waals surface area contributed by atoms with Crippen LogP contribution in [0.15, 0.2) is 0 Å². The molecule has 118 valence electrons. The summed E-state index contributed by atoms with van der Waals surface area (Å²) in [5, 5.41) is 0. The molecule has 1 nitrogen and oxygen atoms in total. The molecule has 0 spiro atoms. The van der Waals surface area contributed by atoms with Gasteiger partial charge in [-0.15, -0.1) is 0 Å². The van der Waals surface area contributed by atoms with Crippen LogP contribution in [0.2, 0.25) is 0 Å². The molecule has 0 heterocycles. The van der Waals surface area contributed by atoms with E-state index in [1.807, 2.05) is 0 Å². The molecule has 2 aliphatic carbocycles. The van der Waals surface area contributed by atoms with E-state index in [2.05, 4.69) is 13.8 Å². The van der Waals surface area contributed by atoms with Crippen LogP contribution < -0.4 is 0 Å². The van der Waals surface area contributed by atoms with Gasteiger partial charge in [0.1, 0.15) is 0 Å². The van der Waals surface area contributed by atoms with E-state index in [0.717, 1.165) is 24.4 Å². The molecule has 0 N–H and O–H groups in total. The van der Waals surface area contributed by atoms with Gasteiger partial charge in [-0.1, -0.05) is 52.4 Å². The van der Waals surface area contributed by atoms with E-state index in [-0.39, 0.29) is 0 Å². The first-order valence-electron chi connectivity index (χ1n) is 9.43. The van der Waals surface area contributed by atoms with Crippen LogP contribution in [-0.2, 0) is 4.74 Å². The second-order valence-electron chi connectivity index (χ2n) is 7.44. The maximum absolute atomic E-state index is 6.24. The standard InChI is InChI=1S/C19H36O/c1-3-5-16-7-9-18(10-8-16)15-20-19-13-11-17(6-4-2)12-14-19/h16-19H,3-15H2,1-2H3/t16-,17-,18-,19-. The Bertz CT molecular complexity index is 208. The molecule has 2 rings (SSSR count). The molecular formula is C19H36O. The Morgan fingerprint density at radius 3 is 1.60 bits per heavy atom. The van der Waals surface area contributed by atoms with Crippen molar-refractivity contribution < 1.29 is 4.74 Å². The number of hydrogen-bond donors (Lipinski definition) is 0. The van der Waals surface area contributed by atoms with E-state index in [4.69, 9.17) is 4.74 Å². The van der Waals surface area contributed by atoms with Crippen LogP contribution in [0, 0.1) is 17.8 Å². The van der Waals surface area contributed by atoms with Crippen molar-refractivity contribution in [3.05, 3.63) is 0 Å². The van der Waals surface area contributed by atoms with Gasteiger partial charge in [0, 0.05) is 6.61 Å². The summed E-state index contributed by atoms with van der Waals surface area (Å²) in [5.41, 5.74) is 0. The Labute approximate surface area is 126 Å². The highest BCUT2D eigenvalue weighted by molar-refractivity contribution is 4.75. The second kappa shape index (κ2) is 9.07. The van der Waals surface area contributed by atoms with Gasteiger partial charge in [0.2, 0.25) is 0 Å². The molecular weight excluding hydrogens is 244 g/mol. The average molecular weight is 280 g/mol. The van der Waals surface area contributed by atoms with Crippen LogP contribution in [-0.4, -0.2) is 12.7 Å². The molecule has 0 atom stereocenters. The van der Waals surface area contributed by atoms with Gasteiger partial charge in [0.05, 0.1) is 6.10 Å². The predicted molar refractivity (Wildman–Crippen MR) is 87.0 cm³/mol. The first-order chi connectivity index (χ1) is 9.81. The lowest BCUT2D eigenvalue weighted by Crippen LogP contribution is -2.26. The van der Waals surface area contributed by atoms with Gasteiger partial charge in [0.25, 0.3) is 0 Å². The molecule has 1 heteroatoms. The summed E-state index contributed by atoms with van der Waals surface area (Å²) in [7, 11) is 0. The quantitative estimate of drug-likeness (QED) is 0.558. The monoisotopic (exact) mass is 280 g/mol. The van der Waals surface area contributed by atoms with E-state index < -0.39 is 0 Å². The predicted octanol–water partition coefficient (Wildman–Crippen LogP) is 5.97. The van der Waals surface area contributed by atoms with Gasteiger partial charge < -0.3 is 4.74 Å². The van der Waals surface area contributed by atoms with E-state index in [1.165, 1.54) is 77.0 Å². The minimum Gasteiger partial charge on any atom is -0.378 e. The Balaban J connectivity index is 1.55. The van der Waals surface area contributed by atoms with E-state index in [9.17, 15) is 0 Å². The molecule has 0 unspecified atom stereocenters. The highest BCUT2D eigenvalue weighted by Gasteiger charge is 2.24. The molecule has 0 aromatic heterocycles. The van der Waals surface area contributed by atoms with Gasteiger partial charge >= 0.3 is 0 Å². The Kier molecular flexibility index (Phi) is 7.41. The molecule has 0 saturated heterocycles. The molecule has 0 aliphatic heterocycles. The summed E-state index contributed by atoms with van der Waals surface area (Å²) in [6.07, 6.45) is 17.5. The minimum absolute atomic E-state index is 0.594. The van der Waals surface area contributed by atoms with Crippen molar-refractivity contribution in [2.45, 2.75) is 97.0 Å². The summed E-state index contributed by atoms with van der Waals surface area (Å²) in [4.78, 5) is 0. The average Bonchev–Trinajstić information content (AvgIpc) is 2.49. The van der Waals surface area contributed by atoms with Crippen molar-refractivity contribution in [2.24, 2.45) is 17.8 Å². The van der Waals surface area contributed by atoms with Crippen molar-refractivity contribution in [1.29, 1.82) is 0 Å². The van der Waals surface area contributed by atoms with E-state index in [0.29, 0.717) is 6.10 Å². The fourth-order valence-corrected chi connectivity index (χ4v) is 4.36. The largest absolute Gasteiger partial charge is 0.378 e. The molecule has 2 fully saturated rings. The SMILES string of the molecule is CCC[C@H]1CC[C@H](CO[C@H]2CC[C@H](CCC)CC2)CC1. The summed E-state index contributed by atoms with van der Waals surface area (Å²) < 4.78 is 6.24. The van der Waals surface area contributed by atoms with Gasteiger partial charge in [-0.05, 0) is 56.3 Å².